The van der Waals surface area contributed by atoms with Gasteiger partial charge in [0, 0.05) is 0 Å². The Balaban J connectivity index is 2.28. The maximum atomic E-state index is 2.40. The summed E-state index contributed by atoms with van der Waals surface area (Å²) >= 11 is 0. The largest absolute Gasteiger partial charge is 0.0628 e. The molecule has 0 N–H and O–H groups in total. The van der Waals surface area contributed by atoms with Crippen LogP contribution in [-0.4, -0.2) is 0 Å². The highest BCUT2D eigenvalue weighted by Gasteiger charge is 2.10. The maximum Gasteiger partial charge on any atom is -0.0188 e. The minimum atomic E-state index is 0.699. The molecule has 0 saturated carbocycles. The molecule has 1 rings (SSSR count). The van der Waals surface area contributed by atoms with Gasteiger partial charge in [0.2, 0.25) is 0 Å². The lowest BCUT2D eigenvalue weighted by molar-refractivity contribution is 0.414. The van der Waals surface area contributed by atoms with Crippen LogP contribution in [0.1, 0.15) is 64.9 Å². The average molecular weight is 232 g/mol. The van der Waals surface area contributed by atoms with Gasteiger partial charge in [-0.1, -0.05) is 77.3 Å². The van der Waals surface area contributed by atoms with Gasteiger partial charge in [-0.05, 0) is 29.7 Å². The van der Waals surface area contributed by atoms with E-state index in [-0.39, 0.29) is 0 Å². The highest BCUT2D eigenvalue weighted by atomic mass is 14.2. The third-order valence-electron chi connectivity index (χ3n) is 3.60. The Kier molecular flexibility index (Phi) is 6.32. The van der Waals surface area contributed by atoms with Crippen LogP contribution in [-0.2, 0) is 0 Å². The minimum absolute atomic E-state index is 0.699. The van der Waals surface area contributed by atoms with Crippen LogP contribution >= 0.6 is 0 Å². The fourth-order valence-electron chi connectivity index (χ4n) is 2.51. The van der Waals surface area contributed by atoms with Gasteiger partial charge in [0.15, 0.2) is 0 Å². The van der Waals surface area contributed by atoms with Crippen LogP contribution in [0.2, 0.25) is 0 Å². The van der Waals surface area contributed by atoms with Crippen LogP contribution in [0.3, 0.4) is 0 Å². The van der Waals surface area contributed by atoms with Gasteiger partial charge in [0.25, 0.3) is 0 Å². The SMILES string of the molecule is CC(C)CCCC(C)CC(C)c1ccccc1. The molecule has 0 aliphatic rings. The van der Waals surface area contributed by atoms with Crippen LogP contribution in [0.5, 0.6) is 0 Å². The van der Waals surface area contributed by atoms with E-state index in [1.165, 1.54) is 31.2 Å². The zero-order valence-corrected chi connectivity index (χ0v) is 11.9. The van der Waals surface area contributed by atoms with E-state index in [1.54, 1.807) is 0 Å². The molecular formula is C17H28. The Bertz CT molecular complexity index is 286. The molecule has 0 heterocycles. The summed E-state index contributed by atoms with van der Waals surface area (Å²) in [6.45, 7) is 9.39. The molecule has 0 amide bonds. The van der Waals surface area contributed by atoms with Crippen LogP contribution < -0.4 is 0 Å². The van der Waals surface area contributed by atoms with Crippen molar-refractivity contribution in [3.63, 3.8) is 0 Å². The predicted molar refractivity (Wildman–Crippen MR) is 77.3 cm³/mol. The van der Waals surface area contributed by atoms with Crippen molar-refractivity contribution in [2.45, 2.75) is 59.3 Å². The molecule has 0 aliphatic carbocycles. The number of rotatable bonds is 7. The molecule has 0 heteroatoms. The van der Waals surface area contributed by atoms with Crippen LogP contribution in [0, 0.1) is 11.8 Å². The first-order chi connectivity index (χ1) is 8.09. The summed E-state index contributed by atoms with van der Waals surface area (Å²) in [5.74, 6) is 2.41. The zero-order chi connectivity index (χ0) is 12.7. The van der Waals surface area contributed by atoms with Crippen molar-refractivity contribution >= 4 is 0 Å². The summed E-state index contributed by atoms with van der Waals surface area (Å²) in [6.07, 6.45) is 5.47. The lowest BCUT2D eigenvalue weighted by Crippen LogP contribution is -2.03. The van der Waals surface area contributed by atoms with Crippen molar-refractivity contribution in [2.75, 3.05) is 0 Å². The molecule has 0 nitrogen and oxygen atoms in total. The van der Waals surface area contributed by atoms with Crippen LogP contribution in [0.15, 0.2) is 30.3 Å². The summed E-state index contributed by atoms with van der Waals surface area (Å²) in [5.41, 5.74) is 1.49. The van der Waals surface area contributed by atoms with Crippen molar-refractivity contribution in [3.05, 3.63) is 35.9 Å². The monoisotopic (exact) mass is 232 g/mol. The zero-order valence-electron chi connectivity index (χ0n) is 11.9. The molecule has 2 atom stereocenters. The molecular weight excluding hydrogens is 204 g/mol. The van der Waals surface area contributed by atoms with Crippen LogP contribution in [0.25, 0.3) is 0 Å². The van der Waals surface area contributed by atoms with E-state index in [0.29, 0.717) is 5.92 Å². The number of benzene rings is 1. The smallest absolute Gasteiger partial charge is 0.0188 e. The Morgan fingerprint density at radius 1 is 0.882 bits per heavy atom. The van der Waals surface area contributed by atoms with Gasteiger partial charge >= 0.3 is 0 Å². The van der Waals surface area contributed by atoms with E-state index in [4.69, 9.17) is 0 Å². The summed E-state index contributed by atoms with van der Waals surface area (Å²) < 4.78 is 0. The van der Waals surface area contributed by atoms with Gasteiger partial charge in [-0.25, -0.2) is 0 Å². The first-order valence-corrected chi connectivity index (χ1v) is 7.14. The molecule has 0 aromatic heterocycles. The van der Waals surface area contributed by atoms with Gasteiger partial charge in [-0.3, -0.25) is 0 Å². The lowest BCUT2D eigenvalue weighted by Gasteiger charge is -2.18. The third kappa shape index (κ3) is 5.91. The Morgan fingerprint density at radius 2 is 1.53 bits per heavy atom. The molecule has 0 fully saturated rings. The highest BCUT2D eigenvalue weighted by Crippen LogP contribution is 2.26. The van der Waals surface area contributed by atoms with E-state index in [9.17, 15) is 0 Å². The Morgan fingerprint density at radius 3 is 2.12 bits per heavy atom. The van der Waals surface area contributed by atoms with Gasteiger partial charge in [-0.15, -0.1) is 0 Å². The van der Waals surface area contributed by atoms with Crippen LogP contribution in [0.4, 0.5) is 0 Å². The van der Waals surface area contributed by atoms with Crippen molar-refractivity contribution in [3.8, 4) is 0 Å². The predicted octanol–water partition coefficient (Wildman–Crippen LogP) is 5.64. The second-order valence-corrected chi connectivity index (χ2v) is 5.98. The highest BCUT2D eigenvalue weighted by molar-refractivity contribution is 5.18. The van der Waals surface area contributed by atoms with Crippen molar-refractivity contribution in [1.82, 2.24) is 0 Å². The van der Waals surface area contributed by atoms with Gasteiger partial charge in [0.05, 0.1) is 0 Å². The molecule has 0 aliphatic heterocycles. The standard InChI is InChI=1S/C17H28/c1-14(2)9-8-10-15(3)13-16(4)17-11-6-5-7-12-17/h5-7,11-12,14-16H,8-10,13H2,1-4H3. The normalized spacial score (nSPS) is 14.9. The molecule has 0 bridgehead atoms. The second kappa shape index (κ2) is 7.53. The summed E-state index contributed by atoms with van der Waals surface area (Å²) in [5, 5.41) is 0. The van der Waals surface area contributed by atoms with E-state index < -0.39 is 0 Å². The van der Waals surface area contributed by atoms with Crippen molar-refractivity contribution < 1.29 is 0 Å². The Labute approximate surface area is 107 Å². The summed E-state index contributed by atoms with van der Waals surface area (Å²) in [4.78, 5) is 0. The maximum absolute atomic E-state index is 2.40. The minimum Gasteiger partial charge on any atom is -0.0628 e. The molecule has 1 aromatic rings. The van der Waals surface area contributed by atoms with Crippen molar-refractivity contribution in [2.24, 2.45) is 11.8 Å². The lowest BCUT2D eigenvalue weighted by atomic mass is 9.88. The first kappa shape index (κ1) is 14.3. The molecule has 2 unspecified atom stereocenters. The van der Waals surface area contributed by atoms with Crippen molar-refractivity contribution in [1.29, 1.82) is 0 Å². The van der Waals surface area contributed by atoms with E-state index in [1.807, 2.05) is 0 Å². The first-order valence-electron chi connectivity index (χ1n) is 7.14. The molecule has 17 heavy (non-hydrogen) atoms. The Hall–Kier alpha value is -0.780. The summed E-state index contributed by atoms with van der Waals surface area (Å²) in [7, 11) is 0. The topological polar surface area (TPSA) is 0 Å². The molecule has 0 spiro atoms. The van der Waals surface area contributed by atoms with Gasteiger partial charge < -0.3 is 0 Å². The third-order valence-corrected chi connectivity index (χ3v) is 3.60. The molecule has 1 aromatic carbocycles. The fourth-order valence-corrected chi connectivity index (χ4v) is 2.51. The second-order valence-electron chi connectivity index (χ2n) is 5.98. The molecule has 0 saturated heterocycles. The van der Waals surface area contributed by atoms with Gasteiger partial charge in [-0.2, -0.15) is 0 Å². The molecule has 96 valence electrons. The molecule has 0 radical (unpaired) electrons. The number of hydrogen-bond donors (Lipinski definition) is 0. The number of hydrogen-bond acceptors (Lipinski definition) is 0. The van der Waals surface area contributed by atoms with Gasteiger partial charge in [0.1, 0.15) is 0 Å². The van der Waals surface area contributed by atoms with E-state index in [2.05, 4.69) is 58.0 Å². The average Bonchev–Trinajstić information content (AvgIpc) is 2.29. The summed E-state index contributed by atoms with van der Waals surface area (Å²) in [6, 6.07) is 10.9. The van der Waals surface area contributed by atoms with E-state index >= 15 is 0 Å². The quantitative estimate of drug-likeness (QED) is 0.570. The fraction of sp³-hybridized carbons (Fsp3) is 0.647. The van der Waals surface area contributed by atoms with E-state index in [0.717, 1.165) is 11.8 Å².